The lowest BCUT2D eigenvalue weighted by Gasteiger charge is -2.35. The topological polar surface area (TPSA) is 62.5 Å². The van der Waals surface area contributed by atoms with E-state index in [1.807, 2.05) is 43.9 Å². The van der Waals surface area contributed by atoms with Gasteiger partial charge in [-0.15, -0.1) is 10.2 Å². The summed E-state index contributed by atoms with van der Waals surface area (Å²) in [4.78, 5) is 17.3. The maximum absolute atomic E-state index is 12.9. The van der Waals surface area contributed by atoms with Gasteiger partial charge in [-0.1, -0.05) is 59.3 Å². The van der Waals surface area contributed by atoms with Crippen molar-refractivity contribution in [2.24, 2.45) is 0 Å². The number of hydrogen-bond acceptors (Lipinski definition) is 6. The Kier molecular flexibility index (Phi) is 6.73. The Labute approximate surface area is 187 Å². The number of carbonyl (C=O) groups excluding carboxylic acids is 1. The summed E-state index contributed by atoms with van der Waals surface area (Å²) in [6.07, 6.45) is 0. The van der Waals surface area contributed by atoms with Crippen molar-refractivity contribution in [2.75, 3.05) is 26.2 Å². The third-order valence-corrected chi connectivity index (χ3v) is 6.36. The van der Waals surface area contributed by atoms with Crippen LogP contribution in [0.5, 0.6) is 0 Å². The molecule has 2 heterocycles. The predicted molar refractivity (Wildman–Crippen MR) is 123 cm³/mol. The molecule has 7 heteroatoms. The monoisotopic (exact) mass is 436 g/mol. The van der Waals surface area contributed by atoms with Crippen LogP contribution >= 0.6 is 11.8 Å². The van der Waals surface area contributed by atoms with Gasteiger partial charge in [-0.3, -0.25) is 9.69 Å². The van der Waals surface area contributed by atoms with Crippen LogP contribution in [0.25, 0.3) is 11.5 Å². The van der Waals surface area contributed by atoms with E-state index in [0.29, 0.717) is 11.1 Å². The number of amides is 1. The molecule has 1 aromatic heterocycles. The van der Waals surface area contributed by atoms with Crippen molar-refractivity contribution in [2.45, 2.75) is 37.8 Å². The summed E-state index contributed by atoms with van der Waals surface area (Å²) in [7, 11) is 0. The van der Waals surface area contributed by atoms with Crippen LogP contribution in [0.4, 0.5) is 0 Å². The highest BCUT2D eigenvalue weighted by atomic mass is 32.2. The smallest absolute Gasteiger partial charge is 0.277 e. The van der Waals surface area contributed by atoms with Crippen molar-refractivity contribution in [1.29, 1.82) is 0 Å². The summed E-state index contributed by atoms with van der Waals surface area (Å²) in [6, 6.07) is 16.6. The summed E-state index contributed by atoms with van der Waals surface area (Å²) >= 11 is 1.33. The van der Waals surface area contributed by atoms with E-state index in [-0.39, 0.29) is 11.2 Å². The molecular weight excluding hydrogens is 408 g/mol. The molecule has 1 aliphatic rings. The third kappa shape index (κ3) is 5.54. The molecule has 0 radical (unpaired) electrons. The molecule has 1 atom stereocenters. The minimum atomic E-state index is -0.270. The number of benzene rings is 2. The van der Waals surface area contributed by atoms with Crippen LogP contribution in [0.1, 0.15) is 23.6 Å². The first-order valence-corrected chi connectivity index (χ1v) is 11.5. The standard InChI is InChI=1S/C24H28N4O2S/c1-17-13-18(2)15-21(14-17)22-25-26-24(30-22)31-19(3)23(29)28-11-9-27(10-12-28)16-20-7-5-4-6-8-20/h4-8,13-15,19H,9-12,16H2,1-3H3/t19-/m1/s1. The van der Waals surface area contributed by atoms with Crippen LogP contribution in [0.3, 0.4) is 0 Å². The van der Waals surface area contributed by atoms with Gasteiger partial charge in [0.25, 0.3) is 5.22 Å². The molecule has 0 aliphatic carbocycles. The number of thioether (sulfide) groups is 1. The van der Waals surface area contributed by atoms with E-state index in [1.165, 1.54) is 17.3 Å². The van der Waals surface area contributed by atoms with Gasteiger partial charge in [0.05, 0.1) is 5.25 Å². The van der Waals surface area contributed by atoms with Crippen molar-refractivity contribution < 1.29 is 9.21 Å². The Morgan fingerprint density at radius 1 is 1.03 bits per heavy atom. The van der Waals surface area contributed by atoms with Gasteiger partial charge in [-0.2, -0.15) is 0 Å². The highest BCUT2D eigenvalue weighted by Crippen LogP contribution is 2.28. The fourth-order valence-electron chi connectivity index (χ4n) is 3.90. The molecule has 1 amide bonds. The summed E-state index contributed by atoms with van der Waals surface area (Å²) in [5.74, 6) is 0.610. The van der Waals surface area contributed by atoms with E-state index in [0.717, 1.165) is 49.4 Å². The summed E-state index contributed by atoms with van der Waals surface area (Å²) < 4.78 is 5.83. The van der Waals surface area contributed by atoms with Crippen molar-refractivity contribution >= 4 is 17.7 Å². The fraction of sp³-hybridized carbons (Fsp3) is 0.375. The second-order valence-electron chi connectivity index (χ2n) is 8.10. The summed E-state index contributed by atoms with van der Waals surface area (Å²) in [6.45, 7) is 10.2. The first-order chi connectivity index (χ1) is 15.0. The maximum Gasteiger partial charge on any atom is 0.277 e. The van der Waals surface area contributed by atoms with Gasteiger partial charge >= 0.3 is 0 Å². The molecule has 162 valence electrons. The Bertz CT molecular complexity index is 1010. The van der Waals surface area contributed by atoms with Gasteiger partial charge in [-0.05, 0) is 38.5 Å². The minimum Gasteiger partial charge on any atom is -0.411 e. The lowest BCUT2D eigenvalue weighted by molar-refractivity contribution is -0.132. The molecule has 0 saturated carbocycles. The van der Waals surface area contributed by atoms with Crippen molar-refractivity contribution in [3.8, 4) is 11.5 Å². The van der Waals surface area contributed by atoms with Crippen LogP contribution < -0.4 is 0 Å². The Morgan fingerprint density at radius 3 is 2.39 bits per heavy atom. The first-order valence-electron chi connectivity index (χ1n) is 10.6. The number of aromatic nitrogens is 2. The van der Waals surface area contributed by atoms with E-state index in [9.17, 15) is 4.79 Å². The van der Waals surface area contributed by atoms with Crippen molar-refractivity contribution in [3.63, 3.8) is 0 Å². The predicted octanol–water partition coefficient (Wildman–Crippen LogP) is 4.18. The minimum absolute atomic E-state index is 0.121. The SMILES string of the molecule is Cc1cc(C)cc(-c2nnc(S[C@H](C)C(=O)N3CCN(Cc4ccccc4)CC3)o2)c1. The summed E-state index contributed by atoms with van der Waals surface area (Å²) in [5, 5.41) is 8.48. The Morgan fingerprint density at radius 2 is 1.71 bits per heavy atom. The van der Waals surface area contributed by atoms with Gasteiger partial charge in [0.1, 0.15) is 0 Å². The quantitative estimate of drug-likeness (QED) is 0.540. The van der Waals surface area contributed by atoms with Crippen LogP contribution in [0.15, 0.2) is 58.2 Å². The maximum atomic E-state index is 12.9. The molecule has 0 spiro atoms. The molecule has 31 heavy (non-hydrogen) atoms. The van der Waals surface area contributed by atoms with Crippen LogP contribution in [-0.2, 0) is 11.3 Å². The molecule has 0 bridgehead atoms. The van der Waals surface area contributed by atoms with E-state index in [1.54, 1.807) is 0 Å². The zero-order valence-corrected chi connectivity index (χ0v) is 19.1. The number of carbonyl (C=O) groups is 1. The average molecular weight is 437 g/mol. The molecule has 4 rings (SSSR count). The van der Waals surface area contributed by atoms with E-state index >= 15 is 0 Å². The fourth-order valence-corrected chi connectivity index (χ4v) is 4.67. The van der Waals surface area contributed by atoms with Crippen LogP contribution in [-0.4, -0.2) is 57.3 Å². The molecule has 0 N–H and O–H groups in total. The van der Waals surface area contributed by atoms with Gasteiger partial charge in [0.15, 0.2) is 0 Å². The number of aryl methyl sites for hydroxylation is 2. The van der Waals surface area contributed by atoms with Gasteiger partial charge in [-0.25, -0.2) is 0 Å². The second-order valence-corrected chi connectivity index (χ2v) is 9.39. The number of rotatable bonds is 6. The first kappa shape index (κ1) is 21.6. The normalized spacial score (nSPS) is 15.8. The van der Waals surface area contributed by atoms with E-state index in [4.69, 9.17) is 4.42 Å². The zero-order chi connectivity index (χ0) is 21.8. The molecule has 1 fully saturated rings. The lowest BCUT2D eigenvalue weighted by Crippen LogP contribution is -2.50. The zero-order valence-electron chi connectivity index (χ0n) is 18.2. The van der Waals surface area contributed by atoms with Crippen molar-refractivity contribution in [1.82, 2.24) is 20.0 Å². The van der Waals surface area contributed by atoms with Gasteiger partial charge in [0, 0.05) is 38.3 Å². The molecule has 1 saturated heterocycles. The number of hydrogen-bond donors (Lipinski definition) is 0. The Balaban J connectivity index is 1.31. The van der Waals surface area contributed by atoms with Crippen LogP contribution in [0.2, 0.25) is 0 Å². The van der Waals surface area contributed by atoms with Crippen molar-refractivity contribution in [3.05, 3.63) is 65.2 Å². The second kappa shape index (κ2) is 9.66. The van der Waals surface area contributed by atoms with E-state index in [2.05, 4.69) is 45.4 Å². The highest BCUT2D eigenvalue weighted by Gasteiger charge is 2.27. The third-order valence-electron chi connectivity index (χ3n) is 5.43. The highest BCUT2D eigenvalue weighted by molar-refractivity contribution is 8.00. The lowest BCUT2D eigenvalue weighted by atomic mass is 10.1. The molecule has 1 aliphatic heterocycles. The molecule has 2 aromatic carbocycles. The molecule has 6 nitrogen and oxygen atoms in total. The van der Waals surface area contributed by atoms with Gasteiger partial charge < -0.3 is 9.32 Å². The molecule has 3 aromatic rings. The van der Waals surface area contributed by atoms with Gasteiger partial charge in [0.2, 0.25) is 11.8 Å². The summed E-state index contributed by atoms with van der Waals surface area (Å²) in [5.41, 5.74) is 4.52. The largest absolute Gasteiger partial charge is 0.411 e. The molecule has 0 unspecified atom stereocenters. The van der Waals surface area contributed by atoms with Crippen LogP contribution in [0, 0.1) is 13.8 Å². The Hall–Kier alpha value is -2.64. The number of piperazine rings is 1. The molecular formula is C24H28N4O2S. The average Bonchev–Trinajstić information content (AvgIpc) is 3.22. The number of nitrogens with zero attached hydrogens (tertiary/aromatic N) is 4. The van der Waals surface area contributed by atoms with E-state index < -0.39 is 0 Å².